The summed E-state index contributed by atoms with van der Waals surface area (Å²) >= 11 is 1.86. The van der Waals surface area contributed by atoms with Gasteiger partial charge in [0.05, 0.1) is 11.0 Å². The number of hydrogen-bond acceptors (Lipinski definition) is 4. The summed E-state index contributed by atoms with van der Waals surface area (Å²) in [6.07, 6.45) is 0. The van der Waals surface area contributed by atoms with E-state index < -0.39 is 0 Å². The Morgan fingerprint density at radius 2 is 0.904 bits per heavy atom. The molecule has 52 heavy (non-hydrogen) atoms. The Morgan fingerprint density at radius 3 is 1.60 bits per heavy atom. The van der Waals surface area contributed by atoms with Crippen LogP contribution in [-0.2, 0) is 0 Å². The summed E-state index contributed by atoms with van der Waals surface area (Å²) in [4.78, 5) is 15.3. The molecule has 0 amide bonds. The van der Waals surface area contributed by atoms with Crippen molar-refractivity contribution in [1.82, 2.24) is 19.5 Å². The van der Waals surface area contributed by atoms with Crippen LogP contribution in [0.15, 0.2) is 170 Å². The first-order chi connectivity index (χ1) is 25.8. The van der Waals surface area contributed by atoms with Crippen LogP contribution in [0.2, 0.25) is 0 Å². The van der Waals surface area contributed by atoms with Gasteiger partial charge in [-0.2, -0.15) is 9.97 Å². The number of benzene rings is 8. The Morgan fingerprint density at radius 1 is 0.365 bits per heavy atom. The largest absolute Gasteiger partial charge is 0.278 e. The van der Waals surface area contributed by atoms with Gasteiger partial charge < -0.3 is 0 Å². The average Bonchev–Trinajstić information content (AvgIpc) is 3.77. The van der Waals surface area contributed by atoms with Gasteiger partial charge >= 0.3 is 0 Å². The average molecular weight is 681 g/mol. The maximum Gasteiger partial charge on any atom is 0.238 e. The zero-order chi connectivity index (χ0) is 34.2. The predicted molar refractivity (Wildman–Crippen MR) is 218 cm³/mol. The number of thiophene rings is 1. The molecule has 0 atom stereocenters. The van der Waals surface area contributed by atoms with Crippen LogP contribution in [0.4, 0.5) is 0 Å². The first kappa shape index (κ1) is 29.1. The molecular weight excluding hydrogens is 653 g/mol. The van der Waals surface area contributed by atoms with Gasteiger partial charge in [0.15, 0.2) is 11.6 Å². The van der Waals surface area contributed by atoms with Gasteiger partial charge in [-0.25, -0.2) is 4.98 Å². The zero-order valence-corrected chi connectivity index (χ0v) is 28.7. The van der Waals surface area contributed by atoms with Gasteiger partial charge in [0.1, 0.15) is 0 Å². The Balaban J connectivity index is 1.18. The van der Waals surface area contributed by atoms with E-state index in [0.717, 1.165) is 27.5 Å². The van der Waals surface area contributed by atoms with E-state index >= 15 is 0 Å². The topological polar surface area (TPSA) is 43.6 Å². The van der Waals surface area contributed by atoms with Crippen LogP contribution in [0.1, 0.15) is 0 Å². The minimum atomic E-state index is 0.591. The Kier molecular flexibility index (Phi) is 6.39. The van der Waals surface area contributed by atoms with Gasteiger partial charge in [0.2, 0.25) is 5.95 Å². The van der Waals surface area contributed by atoms with Gasteiger partial charge in [-0.05, 0) is 69.1 Å². The summed E-state index contributed by atoms with van der Waals surface area (Å²) in [5.74, 6) is 1.87. The van der Waals surface area contributed by atoms with E-state index in [4.69, 9.17) is 15.0 Å². The fourth-order valence-corrected chi connectivity index (χ4v) is 8.91. The first-order valence-electron chi connectivity index (χ1n) is 17.4. The molecular formula is C47H28N4S. The summed E-state index contributed by atoms with van der Waals surface area (Å²) in [6.45, 7) is 0. The summed E-state index contributed by atoms with van der Waals surface area (Å²) in [5.41, 5.74) is 6.36. The van der Waals surface area contributed by atoms with Crippen LogP contribution in [0, 0.1) is 0 Å². The van der Waals surface area contributed by atoms with Crippen LogP contribution in [0.5, 0.6) is 0 Å². The standard InChI is InChI=1S/C47H28N4S/c1-3-13-31(14-4-1)45-48-46(32-15-5-2-6-16-32)50-47(49-45)51-39-23-20-33(27-37(39)43-35-17-9-7-11-29(35)19-24-40(43)51)34-22-25-41-38(28-34)44-36-18-10-8-12-30(36)21-26-42(44)52-41/h1-28H. The van der Waals surface area contributed by atoms with Crippen molar-refractivity contribution in [3.05, 3.63) is 170 Å². The monoisotopic (exact) mass is 680 g/mol. The highest BCUT2D eigenvalue weighted by Gasteiger charge is 2.20. The van der Waals surface area contributed by atoms with Crippen molar-refractivity contribution in [2.45, 2.75) is 0 Å². The molecule has 11 aromatic rings. The third kappa shape index (κ3) is 4.50. The molecule has 0 saturated carbocycles. The number of rotatable bonds is 4. The van der Waals surface area contributed by atoms with Crippen LogP contribution < -0.4 is 0 Å². The molecule has 0 bridgehead atoms. The van der Waals surface area contributed by atoms with E-state index in [1.54, 1.807) is 0 Å². The molecule has 4 nitrogen and oxygen atoms in total. The molecule has 0 spiro atoms. The molecule has 242 valence electrons. The molecule has 5 heteroatoms. The van der Waals surface area contributed by atoms with Crippen LogP contribution >= 0.6 is 11.3 Å². The fraction of sp³-hybridized carbons (Fsp3) is 0. The van der Waals surface area contributed by atoms with E-state index in [1.165, 1.54) is 58.2 Å². The number of aromatic nitrogens is 4. The number of hydrogen-bond donors (Lipinski definition) is 0. The van der Waals surface area contributed by atoms with Crippen molar-refractivity contribution in [3.8, 4) is 39.9 Å². The highest BCUT2D eigenvalue weighted by atomic mass is 32.1. The maximum absolute atomic E-state index is 5.16. The van der Waals surface area contributed by atoms with Gasteiger partial charge in [0.25, 0.3) is 0 Å². The molecule has 0 saturated heterocycles. The Bertz CT molecular complexity index is 3120. The minimum absolute atomic E-state index is 0.591. The molecule has 8 aromatic carbocycles. The SMILES string of the molecule is c1ccc(-c2nc(-c3ccccc3)nc(-n3c4ccc(-c5ccc6sc7ccc8ccccc8c7c6c5)cc4c4c5ccccc5ccc43)n2)cc1. The third-order valence-electron chi connectivity index (χ3n) is 10.2. The lowest BCUT2D eigenvalue weighted by molar-refractivity contribution is 0.953. The molecule has 0 aliphatic carbocycles. The fourth-order valence-electron chi connectivity index (χ4n) is 7.81. The molecule has 0 unspecified atom stereocenters. The van der Waals surface area contributed by atoms with Crippen molar-refractivity contribution >= 4 is 74.9 Å². The first-order valence-corrected chi connectivity index (χ1v) is 18.3. The molecule has 11 rings (SSSR count). The van der Waals surface area contributed by atoms with E-state index in [0.29, 0.717) is 17.6 Å². The van der Waals surface area contributed by atoms with Crippen LogP contribution in [-0.4, -0.2) is 19.5 Å². The van der Waals surface area contributed by atoms with Crippen LogP contribution in [0.25, 0.3) is 103 Å². The summed E-state index contributed by atoms with van der Waals surface area (Å²) in [7, 11) is 0. The molecule has 0 aliphatic rings. The highest BCUT2D eigenvalue weighted by molar-refractivity contribution is 7.26. The van der Waals surface area contributed by atoms with Crippen molar-refractivity contribution in [3.63, 3.8) is 0 Å². The van der Waals surface area contributed by atoms with Crippen LogP contribution in [0.3, 0.4) is 0 Å². The van der Waals surface area contributed by atoms with E-state index in [2.05, 4.69) is 138 Å². The van der Waals surface area contributed by atoms with Gasteiger partial charge in [-0.15, -0.1) is 11.3 Å². The van der Waals surface area contributed by atoms with Crippen molar-refractivity contribution in [2.24, 2.45) is 0 Å². The second kappa shape index (κ2) is 11.4. The smallest absolute Gasteiger partial charge is 0.238 e. The second-order valence-electron chi connectivity index (χ2n) is 13.2. The molecule has 0 N–H and O–H groups in total. The van der Waals surface area contributed by atoms with E-state index in [-0.39, 0.29) is 0 Å². The summed E-state index contributed by atoms with van der Waals surface area (Å²) in [6, 6.07) is 60.3. The van der Waals surface area contributed by atoms with Gasteiger partial charge in [-0.3, -0.25) is 4.57 Å². The Labute approximate surface area is 302 Å². The number of fused-ring (bicyclic) bond motifs is 10. The van der Waals surface area contributed by atoms with E-state index in [9.17, 15) is 0 Å². The molecule has 3 heterocycles. The lowest BCUT2D eigenvalue weighted by Gasteiger charge is -2.11. The number of nitrogens with zero attached hydrogens (tertiary/aromatic N) is 4. The third-order valence-corrected chi connectivity index (χ3v) is 11.4. The predicted octanol–water partition coefficient (Wildman–Crippen LogP) is 12.6. The zero-order valence-electron chi connectivity index (χ0n) is 27.9. The summed E-state index contributed by atoms with van der Waals surface area (Å²) < 4.78 is 4.83. The summed E-state index contributed by atoms with van der Waals surface area (Å²) in [5, 5.41) is 9.95. The highest BCUT2D eigenvalue weighted by Crippen LogP contribution is 2.42. The second-order valence-corrected chi connectivity index (χ2v) is 14.3. The Hall–Kier alpha value is -6.69. The van der Waals surface area contributed by atoms with Gasteiger partial charge in [0, 0.05) is 42.1 Å². The molecule has 0 aliphatic heterocycles. The quantitative estimate of drug-likeness (QED) is 0.186. The minimum Gasteiger partial charge on any atom is -0.278 e. The molecule has 0 radical (unpaired) electrons. The van der Waals surface area contributed by atoms with Gasteiger partial charge in [-0.1, -0.05) is 133 Å². The molecule has 0 fully saturated rings. The van der Waals surface area contributed by atoms with Crippen molar-refractivity contribution < 1.29 is 0 Å². The normalized spacial score (nSPS) is 11.8. The maximum atomic E-state index is 5.16. The molecule has 3 aromatic heterocycles. The van der Waals surface area contributed by atoms with Crippen molar-refractivity contribution in [1.29, 1.82) is 0 Å². The lowest BCUT2D eigenvalue weighted by atomic mass is 9.98. The lowest BCUT2D eigenvalue weighted by Crippen LogP contribution is -2.06. The van der Waals surface area contributed by atoms with Crippen molar-refractivity contribution in [2.75, 3.05) is 0 Å². The van der Waals surface area contributed by atoms with E-state index in [1.807, 2.05) is 47.7 Å².